The smallest absolute Gasteiger partial charge is 0.123 e. The van der Waals surface area contributed by atoms with Crippen LogP contribution in [0.1, 0.15) is 48.8 Å². The standard InChI is InChI=1S/C20H25NO/c1-2-12-21-14-17-8-11-20(19(13-17)18-9-10-18)22-15-16-6-4-3-5-7-16/h3-8,11,13,18,21H,2,9-10,12,14-15H2,1H3. The van der Waals surface area contributed by atoms with Crippen LogP contribution in [0, 0.1) is 0 Å². The highest BCUT2D eigenvalue weighted by atomic mass is 16.5. The lowest BCUT2D eigenvalue weighted by Crippen LogP contribution is -2.14. The van der Waals surface area contributed by atoms with Crippen molar-refractivity contribution in [3.8, 4) is 5.75 Å². The van der Waals surface area contributed by atoms with Gasteiger partial charge in [-0.15, -0.1) is 0 Å². The molecule has 1 aliphatic rings. The molecule has 2 nitrogen and oxygen atoms in total. The second kappa shape index (κ2) is 7.46. The first kappa shape index (κ1) is 15.1. The van der Waals surface area contributed by atoms with E-state index in [4.69, 9.17) is 4.74 Å². The fraction of sp³-hybridized carbons (Fsp3) is 0.400. The zero-order valence-corrected chi connectivity index (χ0v) is 13.3. The second-order valence-corrected chi connectivity index (χ2v) is 6.10. The Kier molecular flexibility index (Phi) is 5.12. The molecule has 0 bridgehead atoms. The van der Waals surface area contributed by atoms with E-state index in [1.807, 2.05) is 6.07 Å². The Morgan fingerprint density at radius 2 is 1.86 bits per heavy atom. The Hall–Kier alpha value is -1.80. The molecule has 2 heteroatoms. The summed E-state index contributed by atoms with van der Waals surface area (Å²) in [5.74, 6) is 1.77. The van der Waals surface area contributed by atoms with Crippen molar-refractivity contribution in [2.45, 2.75) is 45.3 Å². The summed E-state index contributed by atoms with van der Waals surface area (Å²) in [7, 11) is 0. The third kappa shape index (κ3) is 4.11. The van der Waals surface area contributed by atoms with Crippen molar-refractivity contribution in [3.05, 3.63) is 65.2 Å². The van der Waals surface area contributed by atoms with E-state index in [1.54, 1.807) is 0 Å². The summed E-state index contributed by atoms with van der Waals surface area (Å²) < 4.78 is 6.08. The van der Waals surface area contributed by atoms with Crippen LogP contribution < -0.4 is 10.1 Å². The number of rotatable bonds is 8. The summed E-state index contributed by atoms with van der Waals surface area (Å²) in [6.07, 6.45) is 3.77. The third-order valence-electron chi connectivity index (χ3n) is 4.08. The third-order valence-corrected chi connectivity index (χ3v) is 4.08. The first-order valence-corrected chi connectivity index (χ1v) is 8.37. The number of hydrogen-bond donors (Lipinski definition) is 1. The van der Waals surface area contributed by atoms with Gasteiger partial charge in [0.25, 0.3) is 0 Å². The number of ether oxygens (including phenoxy) is 1. The number of benzene rings is 2. The van der Waals surface area contributed by atoms with Gasteiger partial charge in [-0.3, -0.25) is 0 Å². The summed E-state index contributed by atoms with van der Waals surface area (Å²) in [5.41, 5.74) is 3.98. The predicted molar refractivity (Wildman–Crippen MR) is 91.2 cm³/mol. The van der Waals surface area contributed by atoms with Crippen LogP contribution in [0.4, 0.5) is 0 Å². The Labute approximate surface area is 133 Å². The zero-order valence-electron chi connectivity index (χ0n) is 13.3. The summed E-state index contributed by atoms with van der Waals surface area (Å²) in [4.78, 5) is 0. The van der Waals surface area contributed by atoms with E-state index in [9.17, 15) is 0 Å². The van der Waals surface area contributed by atoms with Crippen LogP contribution in [0.5, 0.6) is 5.75 Å². The van der Waals surface area contributed by atoms with E-state index in [1.165, 1.54) is 36.0 Å². The molecule has 1 saturated carbocycles. The molecule has 0 aromatic heterocycles. The Morgan fingerprint density at radius 3 is 2.59 bits per heavy atom. The van der Waals surface area contributed by atoms with E-state index < -0.39 is 0 Å². The fourth-order valence-corrected chi connectivity index (χ4v) is 2.70. The largest absolute Gasteiger partial charge is 0.489 e. The SMILES string of the molecule is CCCNCc1ccc(OCc2ccccc2)c(C2CC2)c1. The average Bonchev–Trinajstić information content (AvgIpc) is 3.39. The molecule has 2 aromatic rings. The number of hydrogen-bond acceptors (Lipinski definition) is 2. The van der Waals surface area contributed by atoms with Gasteiger partial charge in [0, 0.05) is 6.54 Å². The molecule has 0 aliphatic heterocycles. The van der Waals surface area contributed by atoms with Crippen LogP contribution in [-0.2, 0) is 13.2 Å². The Balaban J connectivity index is 1.67. The minimum atomic E-state index is 0.647. The molecule has 0 radical (unpaired) electrons. The van der Waals surface area contributed by atoms with Crippen LogP contribution in [0.15, 0.2) is 48.5 Å². The number of nitrogens with one attached hydrogen (secondary N) is 1. The maximum absolute atomic E-state index is 6.08. The van der Waals surface area contributed by atoms with E-state index in [-0.39, 0.29) is 0 Å². The van der Waals surface area contributed by atoms with Crippen molar-refractivity contribution < 1.29 is 4.74 Å². The van der Waals surface area contributed by atoms with E-state index >= 15 is 0 Å². The van der Waals surface area contributed by atoms with Crippen molar-refractivity contribution in [1.82, 2.24) is 5.32 Å². The van der Waals surface area contributed by atoms with Crippen LogP contribution in [0.3, 0.4) is 0 Å². The van der Waals surface area contributed by atoms with E-state index in [2.05, 4.69) is 54.7 Å². The Bertz CT molecular complexity index is 590. The predicted octanol–water partition coefficient (Wildman–Crippen LogP) is 4.64. The molecule has 1 N–H and O–H groups in total. The molecule has 116 valence electrons. The van der Waals surface area contributed by atoms with Gasteiger partial charge in [0.2, 0.25) is 0 Å². The monoisotopic (exact) mass is 295 g/mol. The molecule has 1 fully saturated rings. The van der Waals surface area contributed by atoms with Crippen molar-refractivity contribution in [1.29, 1.82) is 0 Å². The maximum atomic E-state index is 6.08. The van der Waals surface area contributed by atoms with Crippen LogP contribution in [0.25, 0.3) is 0 Å². The topological polar surface area (TPSA) is 21.3 Å². The summed E-state index contributed by atoms with van der Waals surface area (Å²) >= 11 is 0. The first-order chi connectivity index (χ1) is 10.9. The van der Waals surface area contributed by atoms with Crippen molar-refractivity contribution in [2.75, 3.05) is 6.54 Å². The molecule has 0 unspecified atom stereocenters. The van der Waals surface area contributed by atoms with Gasteiger partial charge in [-0.25, -0.2) is 0 Å². The molecule has 1 aliphatic carbocycles. The summed E-state index contributed by atoms with van der Waals surface area (Å²) in [5, 5.41) is 3.47. The highest BCUT2D eigenvalue weighted by Gasteiger charge is 2.27. The lowest BCUT2D eigenvalue weighted by Gasteiger charge is -2.13. The molecule has 0 atom stereocenters. The van der Waals surface area contributed by atoms with Crippen molar-refractivity contribution in [3.63, 3.8) is 0 Å². The van der Waals surface area contributed by atoms with Crippen LogP contribution >= 0.6 is 0 Å². The molecule has 3 rings (SSSR count). The molecule has 0 saturated heterocycles. The van der Waals surface area contributed by atoms with Gasteiger partial charge in [0.1, 0.15) is 12.4 Å². The van der Waals surface area contributed by atoms with E-state index in [0.717, 1.165) is 18.8 Å². The van der Waals surface area contributed by atoms with Gasteiger partial charge in [0.15, 0.2) is 0 Å². The molecule has 0 heterocycles. The van der Waals surface area contributed by atoms with Gasteiger partial charge in [0.05, 0.1) is 0 Å². The summed E-state index contributed by atoms with van der Waals surface area (Å²) in [6.45, 7) is 4.87. The van der Waals surface area contributed by atoms with Crippen LogP contribution in [0.2, 0.25) is 0 Å². The van der Waals surface area contributed by atoms with Crippen LogP contribution in [-0.4, -0.2) is 6.54 Å². The van der Waals surface area contributed by atoms with Gasteiger partial charge >= 0.3 is 0 Å². The lowest BCUT2D eigenvalue weighted by atomic mass is 10.1. The molecule has 2 aromatic carbocycles. The molecular formula is C20H25NO. The molecule has 22 heavy (non-hydrogen) atoms. The normalized spacial score (nSPS) is 14.0. The highest BCUT2D eigenvalue weighted by molar-refractivity contribution is 5.42. The quantitative estimate of drug-likeness (QED) is 0.716. The van der Waals surface area contributed by atoms with Gasteiger partial charge in [-0.05, 0) is 54.5 Å². The first-order valence-electron chi connectivity index (χ1n) is 8.37. The lowest BCUT2D eigenvalue weighted by molar-refractivity contribution is 0.303. The fourth-order valence-electron chi connectivity index (χ4n) is 2.70. The molecule has 0 spiro atoms. The van der Waals surface area contributed by atoms with Crippen molar-refractivity contribution >= 4 is 0 Å². The minimum Gasteiger partial charge on any atom is -0.489 e. The summed E-state index contributed by atoms with van der Waals surface area (Å²) in [6, 6.07) is 17.1. The second-order valence-electron chi connectivity index (χ2n) is 6.10. The van der Waals surface area contributed by atoms with Gasteiger partial charge in [-0.2, -0.15) is 0 Å². The zero-order chi connectivity index (χ0) is 15.2. The highest BCUT2D eigenvalue weighted by Crippen LogP contribution is 2.44. The van der Waals surface area contributed by atoms with Gasteiger partial charge in [-0.1, -0.05) is 49.4 Å². The average molecular weight is 295 g/mol. The van der Waals surface area contributed by atoms with Gasteiger partial charge < -0.3 is 10.1 Å². The minimum absolute atomic E-state index is 0.647. The van der Waals surface area contributed by atoms with Crippen molar-refractivity contribution in [2.24, 2.45) is 0 Å². The molecule has 0 amide bonds. The Morgan fingerprint density at radius 1 is 1.05 bits per heavy atom. The van der Waals surface area contributed by atoms with E-state index in [0.29, 0.717) is 12.5 Å². The molecular weight excluding hydrogens is 270 g/mol. The maximum Gasteiger partial charge on any atom is 0.123 e.